The lowest BCUT2D eigenvalue weighted by Crippen LogP contribution is -2.39. The van der Waals surface area contributed by atoms with Gasteiger partial charge in [0.2, 0.25) is 10.0 Å². The van der Waals surface area contributed by atoms with Crippen molar-refractivity contribution in [1.29, 1.82) is 0 Å². The molecular formula is C18H25ClN4O2S. The van der Waals surface area contributed by atoms with E-state index in [1.54, 1.807) is 22.5 Å². The fraction of sp³-hybridized carbons (Fsp3) is 0.500. The van der Waals surface area contributed by atoms with Gasteiger partial charge in [0, 0.05) is 37.6 Å². The van der Waals surface area contributed by atoms with Crippen molar-refractivity contribution in [2.75, 3.05) is 27.2 Å². The first-order chi connectivity index (χ1) is 12.3. The molecule has 0 N–H and O–H groups in total. The Kier molecular flexibility index (Phi) is 5.72. The van der Waals surface area contributed by atoms with Crippen molar-refractivity contribution in [1.82, 2.24) is 19.0 Å². The van der Waals surface area contributed by atoms with Gasteiger partial charge in [-0.15, -0.1) is 0 Å². The molecule has 3 rings (SSSR count). The van der Waals surface area contributed by atoms with E-state index in [4.69, 9.17) is 11.6 Å². The molecule has 0 unspecified atom stereocenters. The SMILES string of the molecule is CN(C)Cc1cc([C@@H]2CCCN(S(=O)(=O)c3cccc(Cl)c3)C2)nn1C. The first-order valence-corrected chi connectivity index (χ1v) is 10.5. The average Bonchev–Trinajstić information content (AvgIpc) is 2.95. The minimum Gasteiger partial charge on any atom is -0.304 e. The molecule has 0 spiro atoms. The summed E-state index contributed by atoms with van der Waals surface area (Å²) in [4.78, 5) is 2.34. The zero-order chi connectivity index (χ0) is 18.9. The molecule has 1 aromatic heterocycles. The Labute approximate surface area is 160 Å². The second-order valence-corrected chi connectivity index (χ2v) is 9.46. The summed E-state index contributed by atoms with van der Waals surface area (Å²) in [7, 11) is 2.44. The van der Waals surface area contributed by atoms with Crippen LogP contribution in [0.25, 0.3) is 0 Å². The lowest BCUT2D eigenvalue weighted by atomic mass is 9.96. The molecule has 1 saturated heterocycles. The van der Waals surface area contributed by atoms with Crippen LogP contribution in [0.5, 0.6) is 0 Å². The molecule has 26 heavy (non-hydrogen) atoms. The Balaban J connectivity index is 1.81. The van der Waals surface area contributed by atoms with Gasteiger partial charge in [0.15, 0.2) is 0 Å². The number of benzene rings is 1. The van der Waals surface area contributed by atoms with Gasteiger partial charge in [-0.25, -0.2) is 8.42 Å². The first-order valence-electron chi connectivity index (χ1n) is 8.70. The molecule has 2 heterocycles. The molecule has 0 aliphatic carbocycles. The summed E-state index contributed by atoms with van der Waals surface area (Å²) in [5.41, 5.74) is 2.09. The lowest BCUT2D eigenvalue weighted by molar-refractivity contribution is 0.312. The third kappa shape index (κ3) is 4.11. The Hall–Kier alpha value is -1.41. The summed E-state index contributed by atoms with van der Waals surface area (Å²) in [5, 5.41) is 5.07. The second kappa shape index (κ2) is 7.68. The molecule has 1 aliphatic heterocycles. The van der Waals surface area contributed by atoms with Crippen LogP contribution in [0.3, 0.4) is 0 Å². The van der Waals surface area contributed by atoms with Gasteiger partial charge in [0.05, 0.1) is 16.3 Å². The third-order valence-corrected chi connectivity index (χ3v) is 6.81. The normalized spacial score (nSPS) is 19.2. The molecule has 1 fully saturated rings. The maximum absolute atomic E-state index is 13.0. The van der Waals surface area contributed by atoms with Gasteiger partial charge >= 0.3 is 0 Å². The quantitative estimate of drug-likeness (QED) is 0.779. The minimum atomic E-state index is -3.54. The van der Waals surface area contributed by atoms with E-state index in [-0.39, 0.29) is 10.8 Å². The molecule has 1 atom stereocenters. The Bertz CT molecular complexity index is 879. The molecule has 0 bridgehead atoms. The summed E-state index contributed by atoms with van der Waals surface area (Å²) < 4.78 is 29.4. The Morgan fingerprint density at radius 3 is 2.77 bits per heavy atom. The van der Waals surface area contributed by atoms with Gasteiger partial charge in [0.25, 0.3) is 0 Å². The number of halogens is 1. The monoisotopic (exact) mass is 396 g/mol. The predicted octanol–water partition coefficient (Wildman–Crippen LogP) is 2.70. The van der Waals surface area contributed by atoms with Crippen LogP contribution in [0.2, 0.25) is 5.02 Å². The molecule has 0 amide bonds. The molecule has 0 saturated carbocycles. The van der Waals surface area contributed by atoms with Gasteiger partial charge < -0.3 is 4.90 Å². The van der Waals surface area contributed by atoms with Crippen LogP contribution in [0.4, 0.5) is 0 Å². The van der Waals surface area contributed by atoms with Crippen molar-refractivity contribution in [3.05, 3.63) is 46.7 Å². The highest BCUT2D eigenvalue weighted by Crippen LogP contribution is 2.30. The van der Waals surface area contributed by atoms with E-state index in [1.165, 1.54) is 6.07 Å². The number of piperidine rings is 1. The maximum atomic E-state index is 13.0. The fourth-order valence-corrected chi connectivity index (χ4v) is 5.21. The van der Waals surface area contributed by atoms with E-state index in [0.29, 0.717) is 18.1 Å². The van der Waals surface area contributed by atoms with Crippen molar-refractivity contribution < 1.29 is 8.42 Å². The minimum absolute atomic E-state index is 0.111. The number of nitrogens with zero attached hydrogens (tertiary/aromatic N) is 4. The largest absolute Gasteiger partial charge is 0.304 e. The van der Waals surface area contributed by atoms with Crippen molar-refractivity contribution in [2.45, 2.75) is 30.2 Å². The molecular weight excluding hydrogens is 372 g/mol. The maximum Gasteiger partial charge on any atom is 0.243 e. The number of hydrogen-bond acceptors (Lipinski definition) is 4. The van der Waals surface area contributed by atoms with Crippen molar-refractivity contribution >= 4 is 21.6 Å². The van der Waals surface area contributed by atoms with Crippen LogP contribution in [0, 0.1) is 0 Å². The molecule has 0 radical (unpaired) electrons. The zero-order valence-electron chi connectivity index (χ0n) is 15.4. The van der Waals surface area contributed by atoms with Crippen molar-refractivity contribution in [3.63, 3.8) is 0 Å². The van der Waals surface area contributed by atoms with E-state index in [0.717, 1.165) is 30.8 Å². The second-order valence-electron chi connectivity index (χ2n) is 7.08. The summed E-state index contributed by atoms with van der Waals surface area (Å²) in [5.74, 6) is 0.111. The van der Waals surface area contributed by atoms with Crippen LogP contribution in [-0.4, -0.2) is 54.6 Å². The number of aromatic nitrogens is 2. The predicted molar refractivity (Wildman–Crippen MR) is 103 cm³/mol. The first kappa shape index (κ1) is 19.4. The summed E-state index contributed by atoms with van der Waals surface area (Å²) in [6.07, 6.45) is 1.77. The zero-order valence-corrected chi connectivity index (χ0v) is 17.0. The van der Waals surface area contributed by atoms with Crippen LogP contribution < -0.4 is 0 Å². The standard InChI is InChI=1S/C18H25ClN4O2S/c1-21(2)13-16-11-18(20-22(16)3)14-6-5-9-23(12-14)26(24,25)17-8-4-7-15(19)10-17/h4,7-8,10-11,14H,5-6,9,12-13H2,1-3H3/t14-/m1/s1. The van der Waals surface area contributed by atoms with E-state index in [1.807, 2.05) is 25.8 Å². The molecule has 8 heteroatoms. The Morgan fingerprint density at radius 1 is 1.31 bits per heavy atom. The fourth-order valence-electron chi connectivity index (χ4n) is 3.38. The highest BCUT2D eigenvalue weighted by molar-refractivity contribution is 7.89. The van der Waals surface area contributed by atoms with Gasteiger partial charge in [-0.05, 0) is 51.2 Å². The smallest absolute Gasteiger partial charge is 0.243 e. The number of hydrogen-bond donors (Lipinski definition) is 0. The van der Waals surface area contributed by atoms with Gasteiger partial charge in [0.1, 0.15) is 0 Å². The van der Waals surface area contributed by atoms with E-state index < -0.39 is 10.0 Å². The van der Waals surface area contributed by atoms with E-state index in [2.05, 4.69) is 16.1 Å². The topological polar surface area (TPSA) is 58.4 Å². The summed E-state index contributed by atoms with van der Waals surface area (Å²) in [6, 6.07) is 8.56. The van der Waals surface area contributed by atoms with Crippen molar-refractivity contribution in [3.8, 4) is 0 Å². The molecule has 6 nitrogen and oxygen atoms in total. The van der Waals surface area contributed by atoms with Crippen LogP contribution in [0.15, 0.2) is 35.2 Å². The van der Waals surface area contributed by atoms with E-state index in [9.17, 15) is 8.42 Å². The van der Waals surface area contributed by atoms with Gasteiger partial charge in [-0.1, -0.05) is 17.7 Å². The van der Waals surface area contributed by atoms with Gasteiger partial charge in [-0.2, -0.15) is 9.40 Å². The molecule has 2 aromatic rings. The van der Waals surface area contributed by atoms with Crippen LogP contribution >= 0.6 is 11.6 Å². The van der Waals surface area contributed by atoms with Gasteiger partial charge in [-0.3, -0.25) is 4.68 Å². The average molecular weight is 397 g/mol. The van der Waals surface area contributed by atoms with Crippen LogP contribution in [0.1, 0.15) is 30.1 Å². The highest BCUT2D eigenvalue weighted by Gasteiger charge is 2.32. The number of aryl methyl sites for hydroxylation is 1. The molecule has 142 valence electrons. The third-order valence-electron chi connectivity index (χ3n) is 4.71. The highest BCUT2D eigenvalue weighted by atomic mass is 35.5. The summed E-state index contributed by atoms with van der Waals surface area (Å²) in [6.45, 7) is 1.79. The Morgan fingerprint density at radius 2 is 2.08 bits per heavy atom. The molecule has 1 aliphatic rings. The van der Waals surface area contributed by atoms with Crippen molar-refractivity contribution in [2.24, 2.45) is 7.05 Å². The molecule has 1 aromatic carbocycles. The van der Waals surface area contributed by atoms with E-state index >= 15 is 0 Å². The summed E-state index contributed by atoms with van der Waals surface area (Å²) >= 11 is 5.98. The lowest BCUT2D eigenvalue weighted by Gasteiger charge is -2.31. The number of sulfonamides is 1. The number of rotatable bonds is 5. The van der Waals surface area contributed by atoms with Crippen LogP contribution in [-0.2, 0) is 23.6 Å².